The molecular weight excluding hydrogens is 255 g/mol. The quantitative estimate of drug-likeness (QED) is 0.918. The van der Waals surface area contributed by atoms with Crippen molar-refractivity contribution in [3.05, 3.63) is 29.6 Å². The Kier molecular flexibility index (Phi) is 5.00. The monoisotopic (exact) mass is 280 g/mol. The van der Waals surface area contributed by atoms with Crippen molar-refractivity contribution < 1.29 is 9.50 Å². The minimum atomic E-state index is -0.786. The number of hydrogen-bond acceptors (Lipinski definition) is 3. The number of benzene rings is 1. The molecular formula is C16H25FN2O. The smallest absolute Gasteiger partial charge is 0.131 e. The van der Waals surface area contributed by atoms with Crippen LogP contribution in [0.2, 0.25) is 0 Å². The topological polar surface area (TPSA) is 26.7 Å². The molecule has 1 aromatic carbocycles. The summed E-state index contributed by atoms with van der Waals surface area (Å²) in [6.45, 7) is 4.79. The highest BCUT2D eigenvalue weighted by atomic mass is 19.1. The fourth-order valence-corrected chi connectivity index (χ4v) is 3.00. The third-order valence-corrected chi connectivity index (χ3v) is 4.23. The van der Waals surface area contributed by atoms with Crippen molar-refractivity contribution in [2.75, 3.05) is 38.6 Å². The predicted molar refractivity (Wildman–Crippen MR) is 80.5 cm³/mol. The van der Waals surface area contributed by atoms with Gasteiger partial charge in [-0.25, -0.2) is 4.39 Å². The van der Waals surface area contributed by atoms with Crippen molar-refractivity contribution in [3.8, 4) is 0 Å². The van der Waals surface area contributed by atoms with E-state index >= 15 is 0 Å². The summed E-state index contributed by atoms with van der Waals surface area (Å²) in [5.74, 6) is 0.314. The van der Waals surface area contributed by atoms with Crippen LogP contribution in [-0.4, -0.2) is 43.7 Å². The number of aliphatic hydroxyl groups excluding tert-OH is 1. The molecule has 0 radical (unpaired) electrons. The standard InChI is InChI=1S/C16H25FN2O/c1-12(20)16-14(17)5-4-6-15(16)19(3)11-13-7-9-18(2)10-8-13/h4-6,12-13,20H,7-11H2,1-3H3. The summed E-state index contributed by atoms with van der Waals surface area (Å²) in [4.78, 5) is 4.43. The highest BCUT2D eigenvalue weighted by molar-refractivity contribution is 5.54. The van der Waals surface area contributed by atoms with Crippen LogP contribution >= 0.6 is 0 Å². The Morgan fingerprint density at radius 2 is 2.05 bits per heavy atom. The Morgan fingerprint density at radius 3 is 2.65 bits per heavy atom. The van der Waals surface area contributed by atoms with Crippen LogP contribution in [0.25, 0.3) is 0 Å². The number of halogens is 1. The zero-order valence-corrected chi connectivity index (χ0v) is 12.6. The summed E-state index contributed by atoms with van der Waals surface area (Å²) in [5.41, 5.74) is 1.21. The van der Waals surface area contributed by atoms with Crippen LogP contribution in [-0.2, 0) is 0 Å². The van der Waals surface area contributed by atoms with Gasteiger partial charge in [0.15, 0.2) is 0 Å². The Hall–Kier alpha value is -1.13. The van der Waals surface area contributed by atoms with E-state index in [0.717, 1.165) is 25.3 Å². The molecule has 1 aliphatic rings. The Morgan fingerprint density at radius 1 is 1.40 bits per heavy atom. The lowest BCUT2D eigenvalue weighted by atomic mass is 9.96. The highest BCUT2D eigenvalue weighted by Crippen LogP contribution is 2.29. The third kappa shape index (κ3) is 3.49. The van der Waals surface area contributed by atoms with Gasteiger partial charge in [-0.05, 0) is 58.0 Å². The summed E-state index contributed by atoms with van der Waals surface area (Å²) in [6, 6.07) is 5.01. The van der Waals surface area contributed by atoms with Crippen molar-refractivity contribution in [1.29, 1.82) is 0 Å². The second kappa shape index (κ2) is 6.55. The molecule has 1 saturated heterocycles. The fourth-order valence-electron chi connectivity index (χ4n) is 3.00. The number of aliphatic hydroxyl groups is 1. The van der Waals surface area contributed by atoms with Gasteiger partial charge in [-0.3, -0.25) is 0 Å². The molecule has 20 heavy (non-hydrogen) atoms. The normalized spacial score (nSPS) is 19.1. The van der Waals surface area contributed by atoms with Gasteiger partial charge in [-0.1, -0.05) is 6.07 Å². The first-order valence-electron chi connectivity index (χ1n) is 7.35. The Balaban J connectivity index is 2.09. The molecule has 1 unspecified atom stereocenters. The third-order valence-electron chi connectivity index (χ3n) is 4.23. The van der Waals surface area contributed by atoms with E-state index in [2.05, 4.69) is 16.8 Å². The molecule has 0 amide bonds. The maximum absolute atomic E-state index is 13.9. The fraction of sp³-hybridized carbons (Fsp3) is 0.625. The average Bonchev–Trinajstić information content (AvgIpc) is 2.40. The molecule has 2 rings (SSSR count). The largest absolute Gasteiger partial charge is 0.389 e. The number of rotatable bonds is 4. The molecule has 1 aliphatic heterocycles. The molecule has 0 spiro atoms. The molecule has 0 aliphatic carbocycles. The van der Waals surface area contributed by atoms with Crippen molar-refractivity contribution in [2.24, 2.45) is 5.92 Å². The van der Waals surface area contributed by atoms with E-state index in [4.69, 9.17) is 0 Å². The molecule has 1 atom stereocenters. The van der Waals surface area contributed by atoms with Gasteiger partial charge in [0.1, 0.15) is 5.82 Å². The van der Waals surface area contributed by atoms with Crippen LogP contribution in [0.15, 0.2) is 18.2 Å². The number of anilines is 1. The molecule has 112 valence electrons. The Labute approximate surface area is 121 Å². The van der Waals surface area contributed by atoms with Gasteiger partial charge in [-0.2, -0.15) is 0 Å². The summed E-state index contributed by atoms with van der Waals surface area (Å²) >= 11 is 0. The summed E-state index contributed by atoms with van der Waals surface area (Å²) < 4.78 is 13.9. The zero-order valence-electron chi connectivity index (χ0n) is 12.6. The van der Waals surface area contributed by atoms with Gasteiger partial charge in [0.25, 0.3) is 0 Å². The van der Waals surface area contributed by atoms with Crippen LogP contribution in [0.1, 0.15) is 31.4 Å². The average molecular weight is 280 g/mol. The first-order valence-corrected chi connectivity index (χ1v) is 7.35. The maximum atomic E-state index is 13.9. The first kappa shape index (κ1) is 15.3. The van der Waals surface area contributed by atoms with Crippen molar-refractivity contribution in [3.63, 3.8) is 0 Å². The summed E-state index contributed by atoms with van der Waals surface area (Å²) in [5, 5.41) is 9.80. The van der Waals surface area contributed by atoms with Crippen LogP contribution in [0.3, 0.4) is 0 Å². The molecule has 0 saturated carbocycles. The lowest BCUT2D eigenvalue weighted by Crippen LogP contribution is -2.36. The van der Waals surface area contributed by atoms with Gasteiger partial charge in [-0.15, -0.1) is 0 Å². The van der Waals surface area contributed by atoms with Crippen molar-refractivity contribution >= 4 is 5.69 Å². The lowest BCUT2D eigenvalue weighted by Gasteiger charge is -2.33. The van der Waals surface area contributed by atoms with E-state index in [1.54, 1.807) is 13.0 Å². The second-order valence-electron chi connectivity index (χ2n) is 5.98. The zero-order chi connectivity index (χ0) is 14.7. The van der Waals surface area contributed by atoms with Crippen LogP contribution in [0.5, 0.6) is 0 Å². The predicted octanol–water partition coefficient (Wildman–Crippen LogP) is 2.66. The van der Waals surface area contributed by atoms with E-state index < -0.39 is 6.10 Å². The molecule has 1 fully saturated rings. The number of hydrogen-bond donors (Lipinski definition) is 1. The molecule has 1 aromatic rings. The van der Waals surface area contributed by atoms with Crippen LogP contribution in [0, 0.1) is 11.7 Å². The van der Waals surface area contributed by atoms with E-state index in [0.29, 0.717) is 11.5 Å². The van der Waals surface area contributed by atoms with Crippen molar-refractivity contribution in [1.82, 2.24) is 4.90 Å². The lowest BCUT2D eigenvalue weighted by molar-refractivity contribution is 0.194. The molecule has 1 heterocycles. The number of likely N-dealkylation sites (tertiary alicyclic amines) is 1. The van der Waals surface area contributed by atoms with Crippen molar-refractivity contribution in [2.45, 2.75) is 25.9 Å². The van der Waals surface area contributed by atoms with Crippen LogP contribution < -0.4 is 4.90 Å². The van der Waals surface area contributed by atoms with Gasteiger partial charge in [0, 0.05) is 24.8 Å². The van der Waals surface area contributed by atoms with E-state index in [9.17, 15) is 9.50 Å². The SMILES string of the molecule is CC(O)c1c(F)cccc1N(C)CC1CCN(C)CC1. The molecule has 4 heteroatoms. The minimum Gasteiger partial charge on any atom is -0.389 e. The van der Waals surface area contributed by atoms with Crippen LogP contribution in [0.4, 0.5) is 10.1 Å². The van der Waals surface area contributed by atoms with Gasteiger partial charge in [0.05, 0.1) is 6.10 Å². The second-order valence-corrected chi connectivity index (χ2v) is 5.98. The summed E-state index contributed by atoms with van der Waals surface area (Å²) in [7, 11) is 4.14. The minimum absolute atomic E-state index is 0.326. The van der Waals surface area contributed by atoms with E-state index in [1.807, 2.05) is 13.1 Å². The van der Waals surface area contributed by atoms with E-state index in [-0.39, 0.29) is 5.82 Å². The number of piperidine rings is 1. The van der Waals surface area contributed by atoms with Gasteiger partial charge < -0.3 is 14.9 Å². The summed E-state index contributed by atoms with van der Waals surface area (Å²) in [6.07, 6.45) is 1.58. The molecule has 0 bridgehead atoms. The first-order chi connectivity index (χ1) is 9.49. The molecule has 0 aromatic heterocycles. The Bertz CT molecular complexity index is 442. The van der Waals surface area contributed by atoms with E-state index in [1.165, 1.54) is 18.9 Å². The number of nitrogens with zero attached hydrogens (tertiary/aromatic N) is 2. The molecule has 3 nitrogen and oxygen atoms in total. The highest BCUT2D eigenvalue weighted by Gasteiger charge is 2.21. The maximum Gasteiger partial charge on any atom is 0.131 e. The molecule has 1 N–H and O–H groups in total. The van der Waals surface area contributed by atoms with Gasteiger partial charge >= 0.3 is 0 Å². The van der Waals surface area contributed by atoms with Gasteiger partial charge in [0.2, 0.25) is 0 Å².